The quantitative estimate of drug-likeness (QED) is 0.820. The summed E-state index contributed by atoms with van der Waals surface area (Å²) < 4.78 is 1.75. The van der Waals surface area contributed by atoms with E-state index < -0.39 is 5.54 Å². The lowest BCUT2D eigenvalue weighted by Gasteiger charge is -2.31. The van der Waals surface area contributed by atoms with Crippen molar-refractivity contribution in [1.82, 2.24) is 20.0 Å². The van der Waals surface area contributed by atoms with E-state index in [9.17, 15) is 9.59 Å². The summed E-state index contributed by atoms with van der Waals surface area (Å²) >= 11 is 0. The van der Waals surface area contributed by atoms with Crippen LogP contribution in [0.3, 0.4) is 0 Å². The van der Waals surface area contributed by atoms with Gasteiger partial charge in [0.1, 0.15) is 5.54 Å². The van der Waals surface area contributed by atoms with Crippen molar-refractivity contribution in [2.24, 2.45) is 7.05 Å². The lowest BCUT2D eigenvalue weighted by molar-refractivity contribution is -0.126. The van der Waals surface area contributed by atoms with Crippen LogP contribution in [-0.2, 0) is 18.3 Å². The number of hydrogen-bond acceptors (Lipinski definition) is 3. The van der Waals surface area contributed by atoms with Crippen LogP contribution < -0.4 is 5.32 Å². The zero-order valence-electron chi connectivity index (χ0n) is 11.1. The Balaban J connectivity index is 1.74. The molecule has 1 N–H and O–H groups in total. The van der Waals surface area contributed by atoms with Gasteiger partial charge in [-0.2, -0.15) is 5.10 Å². The summed E-state index contributed by atoms with van der Waals surface area (Å²) in [6, 6.07) is -0.240. The average Bonchev–Trinajstić information content (AvgIpc) is 3.03. The number of carbonyl (C=O) groups excluding carboxylic acids is 2. The Labute approximate surface area is 111 Å². The molecule has 1 spiro atoms. The largest absolute Gasteiger partial charge is 0.325 e. The number of aryl methyl sites for hydroxylation is 1. The predicted molar refractivity (Wildman–Crippen MR) is 68.4 cm³/mol. The molecule has 2 fully saturated rings. The first kappa shape index (κ1) is 12.2. The molecule has 2 aliphatic rings. The van der Waals surface area contributed by atoms with Crippen LogP contribution in [-0.4, -0.2) is 38.7 Å². The van der Waals surface area contributed by atoms with Gasteiger partial charge in [-0.1, -0.05) is 12.8 Å². The van der Waals surface area contributed by atoms with Crippen molar-refractivity contribution < 1.29 is 9.59 Å². The molecule has 2 heterocycles. The fourth-order valence-electron chi connectivity index (χ4n) is 3.21. The Kier molecular flexibility index (Phi) is 2.80. The minimum absolute atomic E-state index is 0.110. The van der Waals surface area contributed by atoms with Crippen molar-refractivity contribution in [2.75, 3.05) is 6.54 Å². The molecule has 6 heteroatoms. The maximum Gasteiger partial charge on any atom is 0.325 e. The van der Waals surface area contributed by atoms with E-state index in [-0.39, 0.29) is 11.9 Å². The first-order valence-corrected chi connectivity index (χ1v) is 6.72. The van der Waals surface area contributed by atoms with E-state index in [1.807, 2.05) is 13.2 Å². The van der Waals surface area contributed by atoms with Crippen LogP contribution in [0.4, 0.5) is 4.79 Å². The van der Waals surface area contributed by atoms with Gasteiger partial charge in [-0.05, 0) is 24.8 Å². The summed E-state index contributed by atoms with van der Waals surface area (Å²) in [5.41, 5.74) is 0.516. The van der Waals surface area contributed by atoms with E-state index in [2.05, 4.69) is 10.4 Å². The highest BCUT2D eigenvalue weighted by Gasteiger charge is 2.53. The van der Waals surface area contributed by atoms with Gasteiger partial charge >= 0.3 is 6.03 Å². The second kappa shape index (κ2) is 4.36. The average molecular weight is 262 g/mol. The standard InChI is InChI=1S/C13H18N4O2/c1-16-9-10(8-14-16)4-7-17-12(19)15-11(18)13(17)5-2-3-6-13/h8-9H,2-7H2,1H3,(H,15,18,19). The number of nitrogens with zero attached hydrogens (tertiary/aromatic N) is 3. The van der Waals surface area contributed by atoms with Crippen molar-refractivity contribution in [3.8, 4) is 0 Å². The Morgan fingerprint density at radius 1 is 1.37 bits per heavy atom. The number of amides is 3. The summed E-state index contributed by atoms with van der Waals surface area (Å²) in [7, 11) is 1.87. The van der Waals surface area contributed by atoms with E-state index in [4.69, 9.17) is 0 Å². The lowest BCUT2D eigenvalue weighted by atomic mass is 9.95. The van der Waals surface area contributed by atoms with Crippen molar-refractivity contribution in [1.29, 1.82) is 0 Å². The minimum Gasteiger partial charge on any atom is -0.309 e. The molecule has 3 amide bonds. The number of imide groups is 1. The van der Waals surface area contributed by atoms with Crippen LogP contribution in [0, 0.1) is 0 Å². The van der Waals surface area contributed by atoms with Gasteiger partial charge in [-0.3, -0.25) is 14.8 Å². The Morgan fingerprint density at radius 3 is 2.74 bits per heavy atom. The van der Waals surface area contributed by atoms with Crippen molar-refractivity contribution in [2.45, 2.75) is 37.6 Å². The van der Waals surface area contributed by atoms with Crippen molar-refractivity contribution in [3.05, 3.63) is 18.0 Å². The third-order valence-electron chi connectivity index (χ3n) is 4.22. The lowest BCUT2D eigenvalue weighted by Crippen LogP contribution is -2.48. The van der Waals surface area contributed by atoms with Gasteiger partial charge in [-0.15, -0.1) is 0 Å². The number of carbonyl (C=O) groups is 2. The third kappa shape index (κ3) is 1.91. The summed E-state index contributed by atoms with van der Waals surface area (Å²) in [4.78, 5) is 25.7. The molecule has 0 atom stereocenters. The molecule has 0 radical (unpaired) electrons. The molecule has 102 valence electrons. The van der Waals surface area contributed by atoms with Gasteiger partial charge in [0.25, 0.3) is 5.91 Å². The molecule has 1 aliphatic heterocycles. The van der Waals surface area contributed by atoms with Crippen LogP contribution in [0.1, 0.15) is 31.2 Å². The van der Waals surface area contributed by atoms with Crippen LogP contribution in [0.25, 0.3) is 0 Å². The molecule has 1 aromatic rings. The zero-order valence-corrected chi connectivity index (χ0v) is 11.1. The topological polar surface area (TPSA) is 67.2 Å². The predicted octanol–water partition coefficient (Wildman–Crippen LogP) is 0.827. The molecule has 1 saturated heterocycles. The van der Waals surface area contributed by atoms with Crippen LogP contribution in [0.5, 0.6) is 0 Å². The highest BCUT2D eigenvalue weighted by atomic mass is 16.2. The fraction of sp³-hybridized carbons (Fsp3) is 0.615. The SMILES string of the molecule is Cn1cc(CCN2C(=O)NC(=O)C23CCCC3)cn1. The van der Waals surface area contributed by atoms with Crippen LogP contribution in [0.15, 0.2) is 12.4 Å². The molecule has 0 bridgehead atoms. The number of urea groups is 1. The molecule has 1 aromatic heterocycles. The Bertz CT molecular complexity index is 516. The molecule has 6 nitrogen and oxygen atoms in total. The highest BCUT2D eigenvalue weighted by Crippen LogP contribution is 2.38. The van der Waals surface area contributed by atoms with Crippen molar-refractivity contribution in [3.63, 3.8) is 0 Å². The molecular weight excluding hydrogens is 244 g/mol. The van der Waals surface area contributed by atoms with E-state index in [0.717, 1.165) is 37.7 Å². The van der Waals surface area contributed by atoms with Gasteiger partial charge in [-0.25, -0.2) is 4.79 Å². The molecule has 1 aliphatic carbocycles. The Morgan fingerprint density at radius 2 is 2.11 bits per heavy atom. The molecule has 3 rings (SSSR count). The number of nitrogens with one attached hydrogen (secondary N) is 1. The molecular formula is C13H18N4O2. The number of aromatic nitrogens is 2. The van der Waals surface area contributed by atoms with Gasteiger partial charge in [0.2, 0.25) is 0 Å². The normalized spacial score (nSPS) is 21.4. The molecule has 0 unspecified atom stereocenters. The van der Waals surface area contributed by atoms with E-state index in [1.165, 1.54) is 0 Å². The monoisotopic (exact) mass is 262 g/mol. The minimum atomic E-state index is -0.570. The smallest absolute Gasteiger partial charge is 0.309 e. The summed E-state index contributed by atoms with van der Waals surface area (Å²) in [5.74, 6) is -0.110. The Hall–Kier alpha value is -1.85. The maximum atomic E-state index is 12.0. The summed E-state index contributed by atoms with van der Waals surface area (Å²) in [6.07, 6.45) is 8.09. The molecule has 1 saturated carbocycles. The van der Waals surface area contributed by atoms with Gasteiger partial charge in [0.15, 0.2) is 0 Å². The van der Waals surface area contributed by atoms with E-state index in [1.54, 1.807) is 15.8 Å². The van der Waals surface area contributed by atoms with E-state index in [0.29, 0.717) is 6.54 Å². The first-order chi connectivity index (χ1) is 9.12. The first-order valence-electron chi connectivity index (χ1n) is 6.72. The van der Waals surface area contributed by atoms with Gasteiger partial charge < -0.3 is 4.90 Å². The van der Waals surface area contributed by atoms with Crippen molar-refractivity contribution >= 4 is 11.9 Å². The van der Waals surface area contributed by atoms with Gasteiger partial charge in [0, 0.05) is 19.8 Å². The highest BCUT2D eigenvalue weighted by molar-refractivity contribution is 6.07. The summed E-state index contributed by atoms with van der Waals surface area (Å²) in [6.45, 7) is 0.573. The maximum absolute atomic E-state index is 12.0. The van der Waals surface area contributed by atoms with E-state index >= 15 is 0 Å². The zero-order chi connectivity index (χ0) is 13.5. The van der Waals surface area contributed by atoms with Gasteiger partial charge in [0.05, 0.1) is 6.20 Å². The second-order valence-electron chi connectivity index (χ2n) is 5.42. The van der Waals surface area contributed by atoms with Crippen LogP contribution >= 0.6 is 0 Å². The third-order valence-corrected chi connectivity index (χ3v) is 4.22. The van der Waals surface area contributed by atoms with Crippen LogP contribution in [0.2, 0.25) is 0 Å². The molecule has 19 heavy (non-hydrogen) atoms. The second-order valence-corrected chi connectivity index (χ2v) is 5.42. The summed E-state index contributed by atoms with van der Waals surface area (Å²) in [5, 5.41) is 6.58. The number of hydrogen-bond donors (Lipinski definition) is 1. The molecule has 0 aromatic carbocycles. The number of rotatable bonds is 3. The fourth-order valence-corrected chi connectivity index (χ4v) is 3.21.